The standard InChI is InChI=1S/C47H52F4N8O7S2/c1-27-21-36(53-24-34(27)59-44(67)58(43(63)46(59,6)7)32-15-14-31(22-52)37(38(32)48)47(49,50)51)66-20-19-64-17-18-65-25-35(60)56-40(45(3,4)5)42(62)57-16-8-9-33(57)41(61)54-23-29-10-12-30(13-11-29)39-28(2)55-26-68-39/h10-15,21,24,26,33,40H,8-9,16-20,23,25H2,1-7H3,(H,54,61)(H,56,60)/t33?,40-/m1/s1. The summed E-state index contributed by atoms with van der Waals surface area (Å²) in [5.41, 5.74) is -0.0252. The molecule has 2 atom stereocenters. The van der Waals surface area contributed by atoms with E-state index in [1.54, 1.807) is 34.7 Å². The van der Waals surface area contributed by atoms with Gasteiger partial charge in [0.1, 0.15) is 36.4 Å². The summed E-state index contributed by atoms with van der Waals surface area (Å²) in [6, 6.07) is 10.9. The van der Waals surface area contributed by atoms with Gasteiger partial charge in [0.05, 0.1) is 65.1 Å². The summed E-state index contributed by atoms with van der Waals surface area (Å²) < 4.78 is 73.6. The molecule has 0 radical (unpaired) electrons. The average molecular weight is 981 g/mol. The number of rotatable bonds is 17. The highest BCUT2D eigenvalue weighted by Crippen LogP contribution is 2.42. The van der Waals surface area contributed by atoms with Crippen LogP contribution in [-0.4, -0.2) is 101 Å². The third kappa shape index (κ3) is 11.3. The van der Waals surface area contributed by atoms with Crippen molar-refractivity contribution >= 4 is 63.7 Å². The molecule has 21 heteroatoms. The van der Waals surface area contributed by atoms with E-state index in [9.17, 15) is 37.6 Å². The van der Waals surface area contributed by atoms with Crippen LogP contribution in [0.15, 0.2) is 54.2 Å². The number of carbonyl (C=O) groups excluding carboxylic acids is 4. The molecule has 4 heterocycles. The number of nitrogens with zero attached hydrogens (tertiary/aromatic N) is 6. The van der Waals surface area contributed by atoms with Crippen LogP contribution in [0.2, 0.25) is 0 Å². The van der Waals surface area contributed by atoms with E-state index >= 15 is 4.39 Å². The number of ether oxygens (including phenoxy) is 3. The number of nitrogens with one attached hydrogen (secondary N) is 2. The van der Waals surface area contributed by atoms with Crippen molar-refractivity contribution in [3.05, 3.63) is 87.9 Å². The maximum atomic E-state index is 15.4. The number of aryl methyl sites for hydroxylation is 2. The Hall–Kier alpha value is -6.08. The fourth-order valence-electron chi connectivity index (χ4n) is 7.93. The number of benzene rings is 2. The second kappa shape index (κ2) is 21.1. The van der Waals surface area contributed by atoms with E-state index < -0.39 is 63.7 Å². The molecular weight excluding hydrogens is 929 g/mol. The average Bonchev–Trinajstić information content (AvgIpc) is 3.99. The molecule has 6 rings (SSSR count). The first-order valence-electron chi connectivity index (χ1n) is 21.7. The van der Waals surface area contributed by atoms with Gasteiger partial charge in [0.2, 0.25) is 23.6 Å². The van der Waals surface area contributed by atoms with Crippen LogP contribution in [-0.2, 0) is 41.4 Å². The highest BCUT2D eigenvalue weighted by Gasteiger charge is 2.52. The number of alkyl halides is 3. The maximum Gasteiger partial charge on any atom is 0.420 e. The second-order valence-electron chi connectivity index (χ2n) is 17.8. The van der Waals surface area contributed by atoms with Crippen molar-refractivity contribution in [2.24, 2.45) is 5.41 Å². The van der Waals surface area contributed by atoms with Crippen LogP contribution in [0.4, 0.5) is 28.9 Å². The van der Waals surface area contributed by atoms with Crippen LogP contribution in [0.3, 0.4) is 0 Å². The molecule has 1 unspecified atom stereocenters. The number of aromatic nitrogens is 2. The van der Waals surface area contributed by atoms with Gasteiger partial charge in [0, 0.05) is 19.2 Å². The summed E-state index contributed by atoms with van der Waals surface area (Å²) in [4.78, 5) is 67.2. The number of thiazole rings is 1. The second-order valence-corrected chi connectivity index (χ2v) is 19.0. The Morgan fingerprint density at radius 2 is 1.71 bits per heavy atom. The normalized spacial score (nSPS) is 16.5. The number of carbonyl (C=O) groups is 4. The smallest absolute Gasteiger partial charge is 0.420 e. The molecule has 2 N–H and O–H groups in total. The third-order valence-electron chi connectivity index (χ3n) is 11.5. The lowest BCUT2D eigenvalue weighted by Crippen LogP contribution is -2.58. The molecule has 2 fully saturated rings. The fraction of sp³-hybridized carbons (Fsp3) is 0.447. The summed E-state index contributed by atoms with van der Waals surface area (Å²) in [6.07, 6.45) is -2.68. The Bertz CT molecular complexity index is 2590. The molecule has 4 aromatic rings. The Balaban J connectivity index is 0.934. The molecule has 2 aliphatic rings. The zero-order valence-electron chi connectivity index (χ0n) is 38.6. The van der Waals surface area contributed by atoms with Gasteiger partial charge in [-0.2, -0.15) is 18.4 Å². The highest BCUT2D eigenvalue weighted by molar-refractivity contribution is 7.81. The molecule has 0 spiro atoms. The van der Waals surface area contributed by atoms with Crippen LogP contribution in [0.5, 0.6) is 5.88 Å². The zero-order chi connectivity index (χ0) is 49.7. The van der Waals surface area contributed by atoms with E-state index in [1.807, 2.05) is 52.0 Å². The van der Waals surface area contributed by atoms with Crippen LogP contribution < -0.4 is 25.2 Å². The van der Waals surface area contributed by atoms with Gasteiger partial charge in [-0.15, -0.1) is 11.3 Å². The molecule has 0 aliphatic carbocycles. The monoisotopic (exact) mass is 980 g/mol. The predicted molar refractivity (Wildman–Crippen MR) is 249 cm³/mol. The number of amides is 4. The topological polar surface area (TPSA) is 179 Å². The van der Waals surface area contributed by atoms with Crippen molar-refractivity contribution in [3.8, 4) is 22.4 Å². The van der Waals surface area contributed by atoms with Gasteiger partial charge < -0.3 is 34.6 Å². The number of nitriles is 1. The van der Waals surface area contributed by atoms with Crippen LogP contribution in [0.1, 0.15) is 75.4 Å². The molecule has 4 amide bonds. The highest BCUT2D eigenvalue weighted by atomic mass is 32.1. The zero-order valence-corrected chi connectivity index (χ0v) is 40.2. The summed E-state index contributed by atoms with van der Waals surface area (Å²) in [5.74, 6) is -3.51. The Morgan fingerprint density at radius 1 is 1.01 bits per heavy atom. The van der Waals surface area contributed by atoms with Crippen molar-refractivity contribution in [3.63, 3.8) is 0 Å². The molecule has 0 saturated carbocycles. The lowest BCUT2D eigenvalue weighted by Gasteiger charge is -2.35. The lowest BCUT2D eigenvalue weighted by atomic mass is 9.85. The first kappa shape index (κ1) is 51.3. The number of likely N-dealkylation sites (tertiary alicyclic amines) is 1. The van der Waals surface area contributed by atoms with Crippen LogP contribution >= 0.6 is 23.6 Å². The first-order chi connectivity index (χ1) is 32.1. The molecule has 2 aromatic carbocycles. The Morgan fingerprint density at radius 3 is 2.34 bits per heavy atom. The van der Waals surface area contributed by atoms with Crippen molar-refractivity contribution in [2.45, 2.75) is 91.7 Å². The number of thiocarbonyl (C=S) groups is 1. The Labute approximate surface area is 400 Å². The summed E-state index contributed by atoms with van der Waals surface area (Å²) in [7, 11) is 0. The summed E-state index contributed by atoms with van der Waals surface area (Å²) >= 11 is 7.10. The van der Waals surface area contributed by atoms with Crippen LogP contribution in [0, 0.1) is 36.4 Å². The molecule has 68 heavy (non-hydrogen) atoms. The molecular formula is C47H52F4N8O7S2. The number of hydrogen-bond acceptors (Lipinski definition) is 12. The van der Waals surface area contributed by atoms with Gasteiger partial charge in [-0.3, -0.25) is 24.1 Å². The van der Waals surface area contributed by atoms with Gasteiger partial charge in [0.15, 0.2) is 10.9 Å². The molecule has 15 nitrogen and oxygen atoms in total. The van der Waals surface area contributed by atoms with Gasteiger partial charge in [-0.25, -0.2) is 14.4 Å². The lowest BCUT2D eigenvalue weighted by molar-refractivity contribution is -0.144. The molecule has 2 aliphatic heterocycles. The minimum absolute atomic E-state index is 0.0563. The van der Waals surface area contributed by atoms with E-state index in [0.717, 1.165) is 33.8 Å². The molecule has 362 valence electrons. The van der Waals surface area contributed by atoms with Gasteiger partial charge in [-0.1, -0.05) is 45.0 Å². The van der Waals surface area contributed by atoms with Crippen molar-refractivity contribution in [1.82, 2.24) is 25.5 Å². The van der Waals surface area contributed by atoms with Gasteiger partial charge in [0.25, 0.3) is 5.91 Å². The fourth-order valence-corrected chi connectivity index (χ4v) is 9.25. The summed E-state index contributed by atoms with van der Waals surface area (Å²) in [5, 5.41) is 14.7. The van der Waals surface area contributed by atoms with E-state index in [4.69, 9.17) is 26.4 Å². The number of hydrogen-bond donors (Lipinski definition) is 2. The first-order valence-corrected chi connectivity index (χ1v) is 23.0. The van der Waals surface area contributed by atoms with Crippen molar-refractivity contribution < 1.29 is 51.0 Å². The van der Waals surface area contributed by atoms with E-state index in [-0.39, 0.29) is 55.8 Å². The van der Waals surface area contributed by atoms with Gasteiger partial charge in [-0.05, 0) is 87.0 Å². The van der Waals surface area contributed by atoms with E-state index in [2.05, 4.69) is 20.6 Å². The van der Waals surface area contributed by atoms with E-state index in [0.29, 0.717) is 42.1 Å². The third-order valence-corrected chi connectivity index (χ3v) is 12.8. The predicted octanol–water partition coefficient (Wildman–Crippen LogP) is 7.02. The Kier molecular flexibility index (Phi) is 15.9. The van der Waals surface area contributed by atoms with Gasteiger partial charge >= 0.3 is 6.18 Å². The van der Waals surface area contributed by atoms with Crippen molar-refractivity contribution in [1.29, 1.82) is 5.26 Å². The van der Waals surface area contributed by atoms with E-state index in [1.165, 1.54) is 31.0 Å². The minimum Gasteiger partial charge on any atom is -0.475 e. The number of pyridine rings is 1. The molecule has 0 bridgehead atoms. The summed E-state index contributed by atoms with van der Waals surface area (Å²) in [6.45, 7) is 12.8. The van der Waals surface area contributed by atoms with Crippen molar-refractivity contribution in [2.75, 3.05) is 49.4 Å². The molecule has 2 aromatic heterocycles. The largest absolute Gasteiger partial charge is 0.475 e. The maximum absolute atomic E-state index is 15.4. The minimum atomic E-state index is -5.21. The van der Waals surface area contributed by atoms with Crippen LogP contribution in [0.25, 0.3) is 10.4 Å². The number of anilines is 2. The molecule has 2 saturated heterocycles. The number of halogens is 4. The SMILES string of the molecule is Cc1cc(OCCOCCOCC(=O)N[C@H](C(=O)N2CCCC2C(=O)NCc2ccc(-c3scnc3C)cc2)C(C)(C)C)ncc1N1C(=S)N(c2ccc(C#N)c(C(F)(F)F)c2F)C(=O)C1(C)C. The quantitative estimate of drug-likeness (QED) is 0.0629.